The molecular weight excluding hydrogens is 271 g/mol. The summed E-state index contributed by atoms with van der Waals surface area (Å²) in [5.74, 6) is -0.947. The molecule has 4 nitrogen and oxygen atoms in total. The zero-order valence-electron chi connectivity index (χ0n) is 12.5. The zero-order chi connectivity index (χ0) is 15.2. The molecule has 1 aliphatic rings. The van der Waals surface area contributed by atoms with Gasteiger partial charge in [0.1, 0.15) is 11.9 Å². The lowest BCUT2D eigenvalue weighted by atomic mass is 10.2. The predicted molar refractivity (Wildman–Crippen MR) is 79.6 cm³/mol. The molecule has 1 N–H and O–H groups in total. The minimum absolute atomic E-state index is 0.215. The van der Waals surface area contributed by atoms with Crippen LogP contribution in [0, 0.1) is 5.82 Å². The Morgan fingerprint density at radius 2 is 1.95 bits per heavy atom. The van der Waals surface area contributed by atoms with E-state index in [0.29, 0.717) is 6.42 Å². The first kappa shape index (κ1) is 15.9. The van der Waals surface area contributed by atoms with E-state index in [9.17, 15) is 14.3 Å². The van der Waals surface area contributed by atoms with E-state index in [1.54, 1.807) is 0 Å². The molecule has 0 amide bonds. The number of halogens is 1. The SMILES string of the molecule is CCC(C(=O)O)N1CCCN(Cc2ccc(F)cc2)CC1. The second kappa shape index (κ2) is 7.52. The summed E-state index contributed by atoms with van der Waals surface area (Å²) >= 11 is 0. The number of aliphatic carboxylic acids is 1. The molecule has 5 heteroatoms. The monoisotopic (exact) mass is 294 g/mol. The Labute approximate surface area is 125 Å². The van der Waals surface area contributed by atoms with Crippen molar-refractivity contribution in [1.29, 1.82) is 0 Å². The Balaban J connectivity index is 1.91. The van der Waals surface area contributed by atoms with Crippen LogP contribution >= 0.6 is 0 Å². The number of rotatable bonds is 5. The van der Waals surface area contributed by atoms with Crippen LogP contribution in [-0.2, 0) is 11.3 Å². The van der Waals surface area contributed by atoms with E-state index in [2.05, 4.69) is 9.80 Å². The van der Waals surface area contributed by atoms with Gasteiger partial charge in [0.15, 0.2) is 0 Å². The number of carboxylic acid groups (broad SMARTS) is 1. The molecule has 1 aliphatic heterocycles. The minimum Gasteiger partial charge on any atom is -0.480 e. The largest absolute Gasteiger partial charge is 0.480 e. The average molecular weight is 294 g/mol. The summed E-state index contributed by atoms with van der Waals surface area (Å²) in [5.41, 5.74) is 1.09. The van der Waals surface area contributed by atoms with Gasteiger partial charge in [0.05, 0.1) is 0 Å². The standard InChI is InChI=1S/C16H23FN2O2/c1-2-15(16(20)21)19-9-3-8-18(10-11-19)12-13-4-6-14(17)7-5-13/h4-7,15H,2-3,8-12H2,1H3,(H,20,21). The summed E-state index contributed by atoms with van der Waals surface area (Å²) in [6.45, 7) is 6.10. The summed E-state index contributed by atoms with van der Waals surface area (Å²) in [7, 11) is 0. The van der Waals surface area contributed by atoms with Crippen molar-refractivity contribution in [2.45, 2.75) is 32.4 Å². The summed E-state index contributed by atoms with van der Waals surface area (Å²) in [6.07, 6.45) is 1.60. The van der Waals surface area contributed by atoms with Crippen LogP contribution in [0.4, 0.5) is 4.39 Å². The van der Waals surface area contributed by atoms with E-state index >= 15 is 0 Å². The number of carboxylic acids is 1. The first-order valence-corrected chi connectivity index (χ1v) is 7.54. The van der Waals surface area contributed by atoms with Crippen LogP contribution in [0.25, 0.3) is 0 Å². The van der Waals surface area contributed by atoms with Crippen molar-refractivity contribution < 1.29 is 14.3 Å². The van der Waals surface area contributed by atoms with Crippen LogP contribution in [0.3, 0.4) is 0 Å². The molecule has 0 spiro atoms. The van der Waals surface area contributed by atoms with Gasteiger partial charge in [-0.05, 0) is 37.1 Å². The Kier molecular flexibility index (Phi) is 5.70. The van der Waals surface area contributed by atoms with Crippen LogP contribution in [0.5, 0.6) is 0 Å². The van der Waals surface area contributed by atoms with E-state index in [1.807, 2.05) is 19.1 Å². The maximum absolute atomic E-state index is 12.9. The molecule has 0 radical (unpaired) electrons. The molecule has 116 valence electrons. The van der Waals surface area contributed by atoms with Crippen LogP contribution in [0.2, 0.25) is 0 Å². The number of benzene rings is 1. The molecule has 1 heterocycles. The molecule has 1 aromatic rings. The lowest BCUT2D eigenvalue weighted by Gasteiger charge is -2.26. The minimum atomic E-state index is -0.732. The highest BCUT2D eigenvalue weighted by atomic mass is 19.1. The maximum Gasteiger partial charge on any atom is 0.320 e. The lowest BCUT2D eigenvalue weighted by Crippen LogP contribution is -2.42. The molecule has 0 bridgehead atoms. The van der Waals surface area contributed by atoms with Gasteiger partial charge in [-0.15, -0.1) is 0 Å². The average Bonchev–Trinajstić information content (AvgIpc) is 2.68. The highest BCUT2D eigenvalue weighted by molar-refractivity contribution is 5.73. The summed E-state index contributed by atoms with van der Waals surface area (Å²) in [6, 6.07) is 6.21. The molecule has 1 fully saturated rings. The molecule has 2 rings (SSSR count). The van der Waals surface area contributed by atoms with E-state index in [1.165, 1.54) is 12.1 Å². The topological polar surface area (TPSA) is 43.8 Å². The van der Waals surface area contributed by atoms with Crippen molar-refractivity contribution in [3.8, 4) is 0 Å². The van der Waals surface area contributed by atoms with Crippen molar-refractivity contribution in [2.75, 3.05) is 26.2 Å². The fourth-order valence-corrected chi connectivity index (χ4v) is 2.90. The quantitative estimate of drug-likeness (QED) is 0.904. The van der Waals surface area contributed by atoms with E-state index < -0.39 is 5.97 Å². The van der Waals surface area contributed by atoms with E-state index in [-0.39, 0.29) is 11.9 Å². The summed E-state index contributed by atoms with van der Waals surface area (Å²) in [4.78, 5) is 15.6. The van der Waals surface area contributed by atoms with Gasteiger partial charge in [-0.2, -0.15) is 0 Å². The highest BCUT2D eigenvalue weighted by Gasteiger charge is 2.25. The van der Waals surface area contributed by atoms with Gasteiger partial charge in [0, 0.05) is 26.2 Å². The summed E-state index contributed by atoms with van der Waals surface area (Å²) in [5, 5.41) is 9.25. The smallest absolute Gasteiger partial charge is 0.320 e. The fraction of sp³-hybridized carbons (Fsp3) is 0.562. The van der Waals surface area contributed by atoms with Crippen molar-refractivity contribution in [2.24, 2.45) is 0 Å². The van der Waals surface area contributed by atoms with Gasteiger partial charge < -0.3 is 5.11 Å². The van der Waals surface area contributed by atoms with Crippen molar-refractivity contribution in [3.63, 3.8) is 0 Å². The number of hydrogen-bond donors (Lipinski definition) is 1. The van der Waals surface area contributed by atoms with Crippen molar-refractivity contribution in [1.82, 2.24) is 9.80 Å². The third kappa shape index (κ3) is 4.51. The molecule has 0 aromatic heterocycles. The maximum atomic E-state index is 12.9. The van der Waals surface area contributed by atoms with E-state index in [0.717, 1.165) is 44.7 Å². The van der Waals surface area contributed by atoms with Gasteiger partial charge in [-0.1, -0.05) is 19.1 Å². The van der Waals surface area contributed by atoms with Gasteiger partial charge in [0.25, 0.3) is 0 Å². The molecule has 1 atom stereocenters. The Morgan fingerprint density at radius 1 is 1.24 bits per heavy atom. The first-order valence-electron chi connectivity index (χ1n) is 7.54. The van der Waals surface area contributed by atoms with Gasteiger partial charge >= 0.3 is 5.97 Å². The molecule has 1 saturated heterocycles. The molecule has 1 unspecified atom stereocenters. The molecule has 1 aromatic carbocycles. The molecular formula is C16H23FN2O2. The fourth-order valence-electron chi connectivity index (χ4n) is 2.90. The lowest BCUT2D eigenvalue weighted by molar-refractivity contribution is -0.143. The Bertz CT molecular complexity index is 464. The second-order valence-electron chi connectivity index (χ2n) is 5.55. The third-order valence-electron chi connectivity index (χ3n) is 4.06. The van der Waals surface area contributed by atoms with E-state index in [4.69, 9.17) is 0 Å². The predicted octanol–water partition coefficient (Wildman–Crippen LogP) is 2.20. The van der Waals surface area contributed by atoms with Gasteiger partial charge in [0.2, 0.25) is 0 Å². The second-order valence-corrected chi connectivity index (χ2v) is 5.55. The number of hydrogen-bond acceptors (Lipinski definition) is 3. The Hall–Kier alpha value is -1.46. The normalized spacial score (nSPS) is 19.1. The van der Waals surface area contributed by atoms with Crippen molar-refractivity contribution in [3.05, 3.63) is 35.6 Å². The van der Waals surface area contributed by atoms with Crippen LogP contribution < -0.4 is 0 Å². The molecule has 0 aliphatic carbocycles. The van der Waals surface area contributed by atoms with Crippen LogP contribution in [0.1, 0.15) is 25.3 Å². The number of nitrogens with zero attached hydrogens (tertiary/aromatic N) is 2. The van der Waals surface area contributed by atoms with Gasteiger partial charge in [-0.25, -0.2) is 4.39 Å². The van der Waals surface area contributed by atoms with Crippen molar-refractivity contribution >= 4 is 5.97 Å². The Morgan fingerprint density at radius 3 is 2.57 bits per heavy atom. The highest BCUT2D eigenvalue weighted by Crippen LogP contribution is 2.13. The molecule has 0 saturated carbocycles. The number of carbonyl (C=O) groups is 1. The zero-order valence-corrected chi connectivity index (χ0v) is 12.5. The van der Waals surface area contributed by atoms with Gasteiger partial charge in [-0.3, -0.25) is 14.6 Å². The third-order valence-corrected chi connectivity index (χ3v) is 4.06. The molecule has 21 heavy (non-hydrogen) atoms. The van der Waals surface area contributed by atoms with Crippen LogP contribution in [0.15, 0.2) is 24.3 Å². The van der Waals surface area contributed by atoms with Crippen LogP contribution in [-0.4, -0.2) is 53.1 Å². The first-order chi connectivity index (χ1) is 10.1. The summed E-state index contributed by atoms with van der Waals surface area (Å²) < 4.78 is 12.9.